The van der Waals surface area contributed by atoms with Gasteiger partial charge in [-0.25, -0.2) is 0 Å². The van der Waals surface area contributed by atoms with E-state index in [-0.39, 0.29) is 51.1 Å². The van der Waals surface area contributed by atoms with Crippen LogP contribution in [0.4, 0.5) is 0 Å². The van der Waals surface area contributed by atoms with Crippen molar-refractivity contribution >= 4 is 23.7 Å². The highest BCUT2D eigenvalue weighted by Crippen LogP contribution is 2.32. The molecule has 0 aromatic heterocycles. The summed E-state index contributed by atoms with van der Waals surface area (Å²) in [5.74, 6) is -2.21. The van der Waals surface area contributed by atoms with E-state index in [1.54, 1.807) is 0 Å². The van der Waals surface area contributed by atoms with Gasteiger partial charge in [-0.05, 0) is 48.4 Å². The summed E-state index contributed by atoms with van der Waals surface area (Å²) in [7, 11) is 1.48. The van der Waals surface area contributed by atoms with Gasteiger partial charge in [0.25, 0.3) is 0 Å². The van der Waals surface area contributed by atoms with Gasteiger partial charge in [0.15, 0.2) is 6.29 Å². The number of ether oxygens (including phenoxy) is 6. The Morgan fingerprint density at radius 1 is 0.450 bits per heavy atom. The molecule has 1 fully saturated rings. The first-order chi connectivity index (χ1) is 39.2. The molecule has 3 amide bonds. The molecule has 0 spiro atoms. The summed E-state index contributed by atoms with van der Waals surface area (Å²) in [6.45, 7) is 6.88. The smallest absolute Gasteiger partial charge is 0.306 e. The summed E-state index contributed by atoms with van der Waals surface area (Å²) in [6, 6.07) is 36.6. The van der Waals surface area contributed by atoms with Crippen molar-refractivity contribution < 1.29 is 47.6 Å². The lowest BCUT2D eigenvalue weighted by atomic mass is 9.93. The molecule has 0 unspecified atom stereocenters. The minimum absolute atomic E-state index is 0.0379. The van der Waals surface area contributed by atoms with Crippen molar-refractivity contribution in [3.8, 4) is 0 Å². The molecule has 1 saturated heterocycles. The Morgan fingerprint density at radius 2 is 0.850 bits per heavy atom. The highest BCUT2D eigenvalue weighted by atomic mass is 16.7. The van der Waals surface area contributed by atoms with E-state index >= 15 is 0 Å². The molecule has 80 heavy (non-hydrogen) atoms. The Hall–Kier alpha value is -5.44. The molecule has 1 aliphatic heterocycles. The van der Waals surface area contributed by atoms with Crippen LogP contribution in [0.1, 0.15) is 184 Å². The number of carbonyl (C=O) groups is 4. The number of likely N-dealkylation sites (N-methyl/N-ethyl adjacent to an activating group) is 1. The number of nitrogens with one attached hydrogen (secondary N) is 3. The molecule has 13 heteroatoms. The molecule has 0 aliphatic carbocycles. The fourth-order valence-electron chi connectivity index (χ4n) is 10.3. The van der Waals surface area contributed by atoms with E-state index in [2.05, 4.69) is 29.8 Å². The van der Waals surface area contributed by atoms with Gasteiger partial charge in [-0.1, -0.05) is 251 Å². The van der Waals surface area contributed by atoms with Crippen molar-refractivity contribution in [2.45, 2.75) is 231 Å². The van der Waals surface area contributed by atoms with Crippen LogP contribution in [-0.4, -0.2) is 80.1 Å². The quantitative estimate of drug-likeness (QED) is 0.0288. The highest BCUT2D eigenvalue weighted by molar-refractivity contribution is 5.92. The maximum atomic E-state index is 14.8. The van der Waals surface area contributed by atoms with Gasteiger partial charge in [0, 0.05) is 19.4 Å². The Bertz CT molecular complexity index is 2230. The summed E-state index contributed by atoms with van der Waals surface area (Å²) in [5, 5.41) is 8.64. The first-order valence-corrected chi connectivity index (χ1v) is 30.4. The van der Waals surface area contributed by atoms with Gasteiger partial charge in [0.2, 0.25) is 17.7 Å². The molecule has 5 rings (SSSR count). The molecule has 1 aliphatic rings. The highest BCUT2D eigenvalue weighted by Gasteiger charge is 2.48. The van der Waals surface area contributed by atoms with Crippen LogP contribution in [0.25, 0.3) is 0 Å². The zero-order valence-electron chi connectivity index (χ0n) is 48.8. The fourth-order valence-corrected chi connectivity index (χ4v) is 10.3. The fraction of sp³-hybridized carbons (Fsp3) is 0.582. The van der Waals surface area contributed by atoms with Crippen LogP contribution in [0.5, 0.6) is 0 Å². The van der Waals surface area contributed by atoms with E-state index < -0.39 is 60.6 Å². The lowest BCUT2D eigenvalue weighted by Gasteiger charge is -2.45. The summed E-state index contributed by atoms with van der Waals surface area (Å²) in [6.07, 6.45) is 18.4. The number of unbranched alkanes of at least 4 members (excludes halogenated alkanes) is 16. The number of esters is 1. The van der Waals surface area contributed by atoms with Gasteiger partial charge in [0.1, 0.15) is 37.0 Å². The van der Waals surface area contributed by atoms with Gasteiger partial charge in [-0.3, -0.25) is 19.2 Å². The van der Waals surface area contributed by atoms with Crippen molar-refractivity contribution in [1.29, 1.82) is 0 Å². The first kappa shape index (κ1) is 65.4. The predicted molar refractivity (Wildman–Crippen MR) is 316 cm³/mol. The van der Waals surface area contributed by atoms with Gasteiger partial charge < -0.3 is 44.4 Å². The third-order valence-corrected chi connectivity index (χ3v) is 15.1. The Balaban J connectivity index is 1.40. The number of rotatable bonds is 42. The molecule has 7 atom stereocenters. The molecule has 0 radical (unpaired) electrons. The average molecular weight is 1100 g/mol. The maximum Gasteiger partial charge on any atom is 0.306 e. The number of carbonyl (C=O) groups excluding carboxylic acids is 4. The Kier molecular flexibility index (Phi) is 32.6. The van der Waals surface area contributed by atoms with Gasteiger partial charge in [0.05, 0.1) is 32.5 Å². The van der Waals surface area contributed by atoms with Crippen LogP contribution >= 0.6 is 0 Å². The largest absolute Gasteiger partial charge is 0.461 e. The Labute approximate surface area is 479 Å². The van der Waals surface area contributed by atoms with E-state index in [1.807, 2.05) is 128 Å². The lowest BCUT2D eigenvalue weighted by molar-refractivity contribution is -0.320. The summed E-state index contributed by atoms with van der Waals surface area (Å²) >= 11 is 0. The second-order valence-electron chi connectivity index (χ2n) is 21.7. The number of hydrogen-bond acceptors (Lipinski definition) is 10. The van der Waals surface area contributed by atoms with Crippen LogP contribution in [0.2, 0.25) is 0 Å². The van der Waals surface area contributed by atoms with E-state index in [0.29, 0.717) is 19.4 Å². The molecule has 440 valence electrons. The number of amides is 3. The minimum atomic E-state index is -1.27. The van der Waals surface area contributed by atoms with Crippen LogP contribution < -0.4 is 16.0 Å². The average Bonchev–Trinajstić information content (AvgIpc) is 3.53. The third-order valence-electron chi connectivity index (χ3n) is 15.1. The summed E-state index contributed by atoms with van der Waals surface area (Å²) in [5.41, 5.74) is 3.70. The molecular formula is C67H97N3O10. The zero-order valence-corrected chi connectivity index (χ0v) is 48.8. The van der Waals surface area contributed by atoms with Crippen molar-refractivity contribution in [2.24, 2.45) is 5.92 Å². The molecule has 1 heterocycles. The lowest BCUT2D eigenvalue weighted by Crippen LogP contribution is -2.61. The number of benzene rings is 4. The van der Waals surface area contributed by atoms with Crippen molar-refractivity contribution in [3.05, 3.63) is 144 Å². The molecule has 4 aromatic carbocycles. The van der Waals surface area contributed by atoms with Crippen LogP contribution in [0, 0.1) is 5.92 Å². The first-order valence-electron chi connectivity index (χ1n) is 30.4. The maximum absolute atomic E-state index is 14.8. The van der Waals surface area contributed by atoms with Crippen molar-refractivity contribution in [3.63, 3.8) is 0 Å². The zero-order chi connectivity index (χ0) is 56.8. The topological polar surface area (TPSA) is 160 Å². The van der Waals surface area contributed by atoms with Crippen LogP contribution in [0.3, 0.4) is 0 Å². The van der Waals surface area contributed by atoms with Gasteiger partial charge >= 0.3 is 5.97 Å². The van der Waals surface area contributed by atoms with E-state index in [1.165, 1.54) is 84.1 Å². The molecule has 13 nitrogen and oxygen atoms in total. The predicted octanol–water partition coefficient (Wildman–Crippen LogP) is 13.2. The summed E-state index contributed by atoms with van der Waals surface area (Å²) < 4.78 is 39.3. The van der Waals surface area contributed by atoms with Crippen molar-refractivity contribution in [2.75, 3.05) is 13.7 Å². The van der Waals surface area contributed by atoms with Gasteiger partial charge in [-0.2, -0.15) is 0 Å². The molecular weight excluding hydrogens is 1010 g/mol. The standard InChI is InChI=1S/C67H97N3O10/c1-5-7-9-11-13-15-17-19-33-43-57(44-34-20-18-16-14-12-10-8-6-2)64(72)70-59(66(74)69-58(65(73)68-4)45-46-60(71)75-47-53-35-25-21-26-36-53)51-79-67-63(78-50-56-41-31-24-32-42-56)62(77-49-55-39-29-23-30-40-55)61(52(3)80-67)76-48-54-37-27-22-28-38-54/h21-32,35-42,52,57-59,61-63,67H,5-20,33-34,43-51H2,1-4H3,(H,68,73)(H,69,74)(H,70,72)/t52-,58-,59+,61+,62+,63-,67+/m0/s1. The SMILES string of the molecule is CCCCCCCCCCCC(CCCCCCCCCCC)C(=O)N[C@H](CO[C@@H]1O[C@@H](C)[C@@H](OCc2ccccc2)[C@@H](OCc2ccccc2)[C@@H]1OCc1ccccc1)C(=O)N[C@@H](CCC(=O)OCc1ccccc1)C(=O)NC. The molecule has 4 aromatic rings. The minimum Gasteiger partial charge on any atom is -0.461 e. The van der Waals surface area contributed by atoms with Gasteiger partial charge in [-0.15, -0.1) is 0 Å². The van der Waals surface area contributed by atoms with Crippen LogP contribution in [0.15, 0.2) is 121 Å². The monoisotopic (exact) mass is 1100 g/mol. The van der Waals surface area contributed by atoms with E-state index in [4.69, 9.17) is 28.4 Å². The Morgan fingerprint density at radius 3 is 1.30 bits per heavy atom. The number of hydrogen-bond donors (Lipinski definition) is 3. The van der Waals surface area contributed by atoms with E-state index in [9.17, 15) is 19.2 Å². The molecule has 0 saturated carbocycles. The van der Waals surface area contributed by atoms with Crippen molar-refractivity contribution in [1.82, 2.24) is 16.0 Å². The second kappa shape index (κ2) is 39.9. The second-order valence-corrected chi connectivity index (χ2v) is 21.7. The summed E-state index contributed by atoms with van der Waals surface area (Å²) in [4.78, 5) is 56.2. The molecule has 3 N–H and O–H groups in total. The van der Waals surface area contributed by atoms with Crippen LogP contribution in [-0.2, 0) is 74.0 Å². The van der Waals surface area contributed by atoms with E-state index in [0.717, 1.165) is 60.8 Å². The third kappa shape index (κ3) is 25.6. The molecule has 0 bridgehead atoms. The normalized spacial score (nSPS) is 17.8.